The average molecular weight is 504 g/mol. The fraction of sp³-hybridized carbons (Fsp3) is 0.320. The molecule has 0 saturated heterocycles. The van der Waals surface area contributed by atoms with E-state index in [9.17, 15) is 18.8 Å². The Labute approximate surface area is 207 Å². The maximum Gasteiger partial charge on any atom is 0.229 e. The zero-order chi connectivity index (χ0) is 24.1. The van der Waals surface area contributed by atoms with Crippen LogP contribution in [0.3, 0.4) is 0 Å². The summed E-state index contributed by atoms with van der Waals surface area (Å²) >= 11 is 0. The van der Waals surface area contributed by atoms with Crippen LogP contribution < -0.4 is 14.8 Å². The van der Waals surface area contributed by atoms with E-state index in [0.717, 1.165) is 12.7 Å². The third kappa shape index (κ3) is 8.19. The molecule has 0 saturated carbocycles. The molecule has 3 rings (SSSR count). The number of fused-ring (bicyclic) bond motifs is 1. The molecule has 182 valence electrons. The molecule has 0 fully saturated rings. The van der Waals surface area contributed by atoms with E-state index in [0.29, 0.717) is 6.54 Å². The maximum atomic E-state index is 11.4. The highest BCUT2D eigenvalue weighted by molar-refractivity contribution is 7.92. The third-order valence-electron chi connectivity index (χ3n) is 5.11. The summed E-state index contributed by atoms with van der Waals surface area (Å²) in [5.41, 5.74) is 1.41. The van der Waals surface area contributed by atoms with Crippen molar-refractivity contribution in [2.45, 2.75) is 31.9 Å². The van der Waals surface area contributed by atoms with Gasteiger partial charge in [0.1, 0.15) is 24.5 Å². The van der Waals surface area contributed by atoms with Crippen molar-refractivity contribution >= 4 is 38.9 Å². The lowest BCUT2D eigenvalue weighted by Crippen LogP contribution is -2.46. The molecule has 0 aliphatic heterocycles. The van der Waals surface area contributed by atoms with Gasteiger partial charge in [0.15, 0.2) is 0 Å². The second-order valence-corrected chi connectivity index (χ2v) is 10.5. The topological polar surface area (TPSA) is 111 Å². The first-order valence-corrected chi connectivity index (χ1v) is 12.5. The number of nitriles is 1. The highest BCUT2D eigenvalue weighted by atomic mass is 35.5. The number of nitrogens with one attached hydrogen (secondary N) is 2. The Morgan fingerprint density at radius 3 is 2.47 bits per heavy atom. The molecule has 1 atom stereocenters. The fourth-order valence-electron chi connectivity index (χ4n) is 3.58. The first-order valence-electron chi connectivity index (χ1n) is 10.6. The van der Waals surface area contributed by atoms with Crippen LogP contribution in [-0.4, -0.2) is 44.6 Å². The summed E-state index contributed by atoms with van der Waals surface area (Å²) in [5.74, 6) is 0.283. The Balaban J connectivity index is 0.00000408. The van der Waals surface area contributed by atoms with E-state index in [4.69, 9.17) is 4.74 Å². The van der Waals surface area contributed by atoms with Crippen LogP contribution in [0.5, 0.6) is 5.75 Å². The lowest BCUT2D eigenvalue weighted by molar-refractivity contribution is 0.0987. The molecule has 0 amide bonds. The number of ether oxygens (including phenoxy) is 1. The fourth-order valence-corrected chi connectivity index (χ4v) is 4.14. The van der Waals surface area contributed by atoms with Gasteiger partial charge in [0, 0.05) is 12.1 Å². The van der Waals surface area contributed by atoms with Gasteiger partial charge in [-0.05, 0) is 54.8 Å². The number of aliphatic hydroxyl groups is 1. The minimum atomic E-state index is -3.44. The predicted octanol–water partition coefficient (Wildman–Crippen LogP) is 3.86. The Bertz CT molecular complexity index is 1270. The van der Waals surface area contributed by atoms with Crippen molar-refractivity contribution in [3.8, 4) is 11.8 Å². The van der Waals surface area contributed by atoms with Gasteiger partial charge in [0.2, 0.25) is 10.0 Å². The van der Waals surface area contributed by atoms with E-state index >= 15 is 0 Å². The Morgan fingerprint density at radius 2 is 1.79 bits per heavy atom. The quantitative estimate of drug-likeness (QED) is 0.387. The van der Waals surface area contributed by atoms with Crippen molar-refractivity contribution < 1.29 is 18.3 Å². The van der Waals surface area contributed by atoms with Crippen molar-refractivity contribution in [1.82, 2.24) is 5.32 Å². The molecule has 7 nitrogen and oxygen atoms in total. The largest absolute Gasteiger partial charge is 0.489 e. The molecule has 0 aromatic heterocycles. The minimum absolute atomic E-state index is 0. The van der Waals surface area contributed by atoms with Crippen LogP contribution >= 0.6 is 12.4 Å². The van der Waals surface area contributed by atoms with Crippen LogP contribution in [0, 0.1) is 11.3 Å². The summed E-state index contributed by atoms with van der Waals surface area (Å²) in [6.07, 6.45) is 1.04. The molecule has 3 N–H and O–H groups in total. The SMILES string of the molecule is CC(C)(Cc1ccc2ccccc2c1)NCC(O)COc1ccc(NS(C)(=O)=O)cc1C#N.Cl. The molecule has 0 bridgehead atoms. The summed E-state index contributed by atoms with van der Waals surface area (Å²) in [6.45, 7) is 4.47. The number of rotatable bonds is 10. The van der Waals surface area contributed by atoms with E-state index in [1.54, 1.807) is 0 Å². The monoisotopic (exact) mass is 503 g/mol. The molecule has 0 heterocycles. The van der Waals surface area contributed by atoms with Gasteiger partial charge in [-0.2, -0.15) is 5.26 Å². The van der Waals surface area contributed by atoms with E-state index in [-0.39, 0.29) is 41.6 Å². The van der Waals surface area contributed by atoms with Crippen molar-refractivity contribution in [2.75, 3.05) is 24.1 Å². The molecule has 3 aromatic carbocycles. The highest BCUT2D eigenvalue weighted by Gasteiger charge is 2.20. The number of hydrogen-bond donors (Lipinski definition) is 3. The van der Waals surface area contributed by atoms with Crippen LogP contribution in [0.1, 0.15) is 25.0 Å². The molecule has 3 aromatic rings. The molecule has 9 heteroatoms. The van der Waals surface area contributed by atoms with E-state index < -0.39 is 16.1 Å². The van der Waals surface area contributed by atoms with Crippen molar-refractivity contribution in [3.05, 3.63) is 71.8 Å². The highest BCUT2D eigenvalue weighted by Crippen LogP contribution is 2.23. The molecule has 0 aliphatic rings. The Kier molecular flexibility index (Phi) is 9.30. The van der Waals surface area contributed by atoms with Crippen LogP contribution in [0.25, 0.3) is 10.8 Å². The first kappa shape index (κ1) is 27.4. The van der Waals surface area contributed by atoms with Gasteiger partial charge < -0.3 is 15.2 Å². The minimum Gasteiger partial charge on any atom is -0.489 e. The van der Waals surface area contributed by atoms with Crippen molar-refractivity contribution in [3.63, 3.8) is 0 Å². The van der Waals surface area contributed by atoms with Gasteiger partial charge in [0.25, 0.3) is 0 Å². The number of anilines is 1. The van der Waals surface area contributed by atoms with E-state index in [1.807, 2.05) is 18.2 Å². The van der Waals surface area contributed by atoms with Crippen LogP contribution in [0.2, 0.25) is 0 Å². The summed E-state index contributed by atoms with van der Waals surface area (Å²) in [5, 5.41) is 25.5. The van der Waals surface area contributed by atoms with Gasteiger partial charge >= 0.3 is 0 Å². The summed E-state index contributed by atoms with van der Waals surface area (Å²) in [7, 11) is -3.44. The zero-order valence-corrected chi connectivity index (χ0v) is 21.0. The Hall–Kier alpha value is -2.83. The van der Waals surface area contributed by atoms with Crippen LogP contribution in [0.4, 0.5) is 5.69 Å². The van der Waals surface area contributed by atoms with Crippen molar-refractivity contribution in [2.24, 2.45) is 0 Å². The number of aliphatic hydroxyl groups excluding tert-OH is 1. The van der Waals surface area contributed by atoms with E-state index in [2.05, 4.69) is 54.2 Å². The number of halogens is 1. The Morgan fingerprint density at radius 1 is 1.09 bits per heavy atom. The normalized spacial score (nSPS) is 12.4. The molecule has 0 aliphatic carbocycles. The molecule has 0 radical (unpaired) electrons. The number of sulfonamides is 1. The van der Waals surface area contributed by atoms with Crippen LogP contribution in [-0.2, 0) is 16.4 Å². The molecule has 1 unspecified atom stereocenters. The second kappa shape index (κ2) is 11.5. The molecular formula is C25H30ClN3O4S. The van der Waals surface area contributed by atoms with Gasteiger partial charge in [-0.15, -0.1) is 12.4 Å². The first-order chi connectivity index (χ1) is 15.5. The summed E-state index contributed by atoms with van der Waals surface area (Å²) in [6, 6.07) is 21.1. The molecule has 34 heavy (non-hydrogen) atoms. The van der Waals surface area contributed by atoms with Crippen molar-refractivity contribution in [1.29, 1.82) is 5.26 Å². The number of benzene rings is 3. The standard InChI is InChI=1S/C25H29N3O4S.ClH/c1-25(2,14-18-8-9-19-6-4-5-7-20(19)12-18)27-16-23(29)17-32-24-11-10-22(13-21(24)15-26)28-33(3,30)31;/h4-13,23,27-29H,14,16-17H2,1-3H3;1H. The summed E-state index contributed by atoms with van der Waals surface area (Å²) in [4.78, 5) is 0. The average Bonchev–Trinajstić information content (AvgIpc) is 2.75. The lowest BCUT2D eigenvalue weighted by atomic mass is 9.93. The second-order valence-electron chi connectivity index (χ2n) is 8.78. The summed E-state index contributed by atoms with van der Waals surface area (Å²) < 4.78 is 30.7. The molecule has 0 spiro atoms. The van der Waals surface area contributed by atoms with Crippen LogP contribution in [0.15, 0.2) is 60.7 Å². The van der Waals surface area contributed by atoms with Gasteiger partial charge in [-0.3, -0.25) is 4.72 Å². The predicted molar refractivity (Wildman–Crippen MR) is 138 cm³/mol. The van der Waals surface area contributed by atoms with Gasteiger partial charge in [0.05, 0.1) is 17.5 Å². The third-order valence-corrected chi connectivity index (χ3v) is 5.72. The smallest absolute Gasteiger partial charge is 0.229 e. The lowest BCUT2D eigenvalue weighted by Gasteiger charge is -2.28. The maximum absolute atomic E-state index is 11.4. The number of β-amino-alcohol motifs (C(OH)–C–C–N with tert-alkyl or cyclic N) is 1. The van der Waals surface area contributed by atoms with E-state index in [1.165, 1.54) is 34.5 Å². The number of nitrogens with zero attached hydrogens (tertiary/aromatic N) is 1. The number of hydrogen-bond acceptors (Lipinski definition) is 6. The molecular weight excluding hydrogens is 474 g/mol. The zero-order valence-electron chi connectivity index (χ0n) is 19.4. The van der Waals surface area contributed by atoms with Gasteiger partial charge in [-0.25, -0.2) is 8.42 Å². The van der Waals surface area contributed by atoms with Gasteiger partial charge in [-0.1, -0.05) is 42.5 Å².